The molecule has 0 fully saturated rings. The van der Waals surface area contributed by atoms with Crippen LogP contribution in [0.1, 0.15) is 33.6 Å². The number of hydrogen-bond acceptors (Lipinski definition) is 3. The number of nitrogens with one attached hydrogen (secondary N) is 1. The van der Waals surface area contributed by atoms with Crippen molar-refractivity contribution in [3.05, 3.63) is 0 Å². The highest BCUT2D eigenvalue weighted by atomic mass is 16.5. The van der Waals surface area contributed by atoms with Gasteiger partial charge in [0.05, 0.1) is 6.61 Å². The lowest BCUT2D eigenvalue weighted by molar-refractivity contribution is 0.0859. The van der Waals surface area contributed by atoms with E-state index in [1.165, 1.54) is 12.8 Å². The Balaban J connectivity index is 4.25. The maximum atomic E-state index is 5.18. The zero-order valence-electron chi connectivity index (χ0n) is 11.0. The van der Waals surface area contributed by atoms with Gasteiger partial charge >= 0.3 is 0 Å². The number of rotatable bonds is 9. The molecule has 0 saturated heterocycles. The summed E-state index contributed by atoms with van der Waals surface area (Å²) in [5.41, 5.74) is 0. The molecular formula is C12H28N2O. The highest BCUT2D eigenvalue weighted by molar-refractivity contribution is 4.76. The van der Waals surface area contributed by atoms with Crippen LogP contribution in [-0.2, 0) is 4.74 Å². The van der Waals surface area contributed by atoms with Crippen LogP contribution in [0.2, 0.25) is 0 Å². The molecule has 3 nitrogen and oxygen atoms in total. The van der Waals surface area contributed by atoms with E-state index in [1.54, 1.807) is 7.11 Å². The van der Waals surface area contributed by atoms with Gasteiger partial charge in [-0.2, -0.15) is 0 Å². The smallest absolute Gasteiger partial charge is 0.0589 e. The van der Waals surface area contributed by atoms with Crippen LogP contribution >= 0.6 is 0 Å². The summed E-state index contributed by atoms with van der Waals surface area (Å²) in [7, 11) is 3.78. The second-order valence-corrected chi connectivity index (χ2v) is 4.11. The molecule has 0 aliphatic carbocycles. The first kappa shape index (κ1) is 14.9. The van der Waals surface area contributed by atoms with E-state index >= 15 is 0 Å². The highest BCUT2D eigenvalue weighted by Crippen LogP contribution is 2.12. The fourth-order valence-electron chi connectivity index (χ4n) is 2.13. The molecule has 0 rings (SSSR count). The first-order valence-electron chi connectivity index (χ1n) is 6.10. The summed E-state index contributed by atoms with van der Waals surface area (Å²) in [4.78, 5) is 2.56. The maximum absolute atomic E-state index is 5.18. The molecule has 0 radical (unpaired) electrons. The average Bonchev–Trinajstić information content (AvgIpc) is 2.24. The molecule has 3 heteroatoms. The van der Waals surface area contributed by atoms with Crippen LogP contribution in [0, 0.1) is 0 Å². The highest BCUT2D eigenvalue weighted by Gasteiger charge is 2.19. The van der Waals surface area contributed by atoms with Gasteiger partial charge in [-0.1, -0.05) is 13.8 Å². The maximum Gasteiger partial charge on any atom is 0.0589 e. The normalized spacial score (nSPS) is 13.8. The minimum atomic E-state index is 0.579. The van der Waals surface area contributed by atoms with Crippen molar-refractivity contribution in [1.29, 1.82) is 0 Å². The van der Waals surface area contributed by atoms with Crippen molar-refractivity contribution in [3.8, 4) is 0 Å². The number of hydrogen-bond donors (Lipinski definition) is 1. The predicted molar refractivity (Wildman–Crippen MR) is 66.3 cm³/mol. The van der Waals surface area contributed by atoms with E-state index in [1.807, 2.05) is 7.05 Å². The average molecular weight is 216 g/mol. The van der Waals surface area contributed by atoms with Crippen molar-refractivity contribution in [2.45, 2.75) is 45.7 Å². The Morgan fingerprint density at radius 2 is 1.87 bits per heavy atom. The van der Waals surface area contributed by atoms with Crippen molar-refractivity contribution in [3.63, 3.8) is 0 Å². The third-order valence-corrected chi connectivity index (χ3v) is 3.03. The van der Waals surface area contributed by atoms with Crippen LogP contribution in [0.5, 0.6) is 0 Å². The van der Waals surface area contributed by atoms with Gasteiger partial charge in [-0.3, -0.25) is 4.90 Å². The van der Waals surface area contributed by atoms with Crippen molar-refractivity contribution in [2.75, 3.05) is 33.9 Å². The van der Waals surface area contributed by atoms with E-state index in [9.17, 15) is 0 Å². The van der Waals surface area contributed by atoms with Gasteiger partial charge in [0.1, 0.15) is 0 Å². The standard InChI is InChI=1S/C12H28N2O/c1-6-12(7-2)14(8-9-15-5)11(3)10-13-4/h11-13H,6-10H2,1-5H3. The lowest BCUT2D eigenvalue weighted by atomic mass is 10.1. The summed E-state index contributed by atoms with van der Waals surface area (Å²) in [6, 6.07) is 1.26. The van der Waals surface area contributed by atoms with Gasteiger partial charge < -0.3 is 10.1 Å². The Bertz CT molecular complexity index is 138. The fourth-order valence-corrected chi connectivity index (χ4v) is 2.13. The Morgan fingerprint density at radius 3 is 2.27 bits per heavy atom. The van der Waals surface area contributed by atoms with Crippen molar-refractivity contribution < 1.29 is 4.74 Å². The molecule has 0 amide bonds. The first-order chi connectivity index (χ1) is 7.21. The van der Waals surface area contributed by atoms with Gasteiger partial charge in [0.15, 0.2) is 0 Å². The van der Waals surface area contributed by atoms with E-state index in [0.717, 1.165) is 19.7 Å². The van der Waals surface area contributed by atoms with E-state index in [0.29, 0.717) is 12.1 Å². The topological polar surface area (TPSA) is 24.5 Å². The molecule has 0 aliphatic rings. The van der Waals surface area contributed by atoms with E-state index in [-0.39, 0.29) is 0 Å². The van der Waals surface area contributed by atoms with Crippen LogP contribution in [-0.4, -0.2) is 50.8 Å². The molecule has 1 atom stereocenters. The minimum absolute atomic E-state index is 0.579. The third kappa shape index (κ3) is 5.50. The Kier molecular flexibility index (Phi) is 9.06. The van der Waals surface area contributed by atoms with Gasteiger partial charge in [-0.25, -0.2) is 0 Å². The van der Waals surface area contributed by atoms with Gasteiger partial charge in [0.2, 0.25) is 0 Å². The van der Waals surface area contributed by atoms with E-state index in [2.05, 4.69) is 31.0 Å². The molecule has 1 N–H and O–H groups in total. The van der Waals surface area contributed by atoms with Crippen LogP contribution in [0.15, 0.2) is 0 Å². The van der Waals surface area contributed by atoms with Gasteiger partial charge in [-0.05, 0) is 26.8 Å². The SMILES string of the molecule is CCC(CC)N(CCOC)C(C)CNC. The summed E-state index contributed by atoms with van der Waals surface area (Å²) >= 11 is 0. The van der Waals surface area contributed by atoms with Crippen molar-refractivity contribution in [1.82, 2.24) is 10.2 Å². The van der Waals surface area contributed by atoms with Crippen LogP contribution in [0.4, 0.5) is 0 Å². The first-order valence-corrected chi connectivity index (χ1v) is 6.10. The second-order valence-electron chi connectivity index (χ2n) is 4.11. The largest absolute Gasteiger partial charge is 0.383 e. The van der Waals surface area contributed by atoms with Crippen molar-refractivity contribution >= 4 is 0 Å². The molecule has 0 bridgehead atoms. The number of likely N-dealkylation sites (N-methyl/N-ethyl adjacent to an activating group) is 1. The van der Waals surface area contributed by atoms with Gasteiger partial charge in [0, 0.05) is 32.3 Å². The monoisotopic (exact) mass is 216 g/mol. The molecule has 92 valence electrons. The lowest BCUT2D eigenvalue weighted by Gasteiger charge is -2.35. The Morgan fingerprint density at radius 1 is 1.27 bits per heavy atom. The Hall–Kier alpha value is -0.120. The fraction of sp³-hybridized carbons (Fsp3) is 1.00. The van der Waals surface area contributed by atoms with E-state index < -0.39 is 0 Å². The molecular weight excluding hydrogens is 188 g/mol. The number of methoxy groups -OCH3 is 1. The van der Waals surface area contributed by atoms with Gasteiger partial charge in [0.25, 0.3) is 0 Å². The minimum Gasteiger partial charge on any atom is -0.383 e. The quantitative estimate of drug-likeness (QED) is 0.635. The number of nitrogens with zero attached hydrogens (tertiary/aromatic N) is 1. The summed E-state index contributed by atoms with van der Waals surface area (Å²) < 4.78 is 5.18. The van der Waals surface area contributed by atoms with Crippen LogP contribution in [0.3, 0.4) is 0 Å². The summed E-state index contributed by atoms with van der Waals surface area (Å²) in [6.45, 7) is 9.71. The molecule has 0 heterocycles. The van der Waals surface area contributed by atoms with Gasteiger partial charge in [-0.15, -0.1) is 0 Å². The molecule has 0 aromatic carbocycles. The predicted octanol–water partition coefficient (Wildman–Crippen LogP) is 1.73. The summed E-state index contributed by atoms with van der Waals surface area (Å²) in [6.07, 6.45) is 2.43. The number of ether oxygens (including phenoxy) is 1. The molecule has 0 saturated carbocycles. The summed E-state index contributed by atoms with van der Waals surface area (Å²) in [5, 5.41) is 3.24. The molecule has 0 spiro atoms. The molecule has 0 aromatic rings. The second kappa shape index (κ2) is 9.13. The summed E-state index contributed by atoms with van der Waals surface area (Å²) in [5.74, 6) is 0. The van der Waals surface area contributed by atoms with Crippen molar-refractivity contribution in [2.24, 2.45) is 0 Å². The van der Waals surface area contributed by atoms with E-state index in [4.69, 9.17) is 4.74 Å². The molecule has 0 aromatic heterocycles. The Labute approximate surface area is 95.2 Å². The third-order valence-electron chi connectivity index (χ3n) is 3.03. The van der Waals surface area contributed by atoms with Crippen LogP contribution < -0.4 is 5.32 Å². The molecule has 0 aliphatic heterocycles. The molecule has 15 heavy (non-hydrogen) atoms. The zero-order valence-corrected chi connectivity index (χ0v) is 11.0. The zero-order chi connectivity index (χ0) is 11.7. The molecule has 1 unspecified atom stereocenters. The van der Waals surface area contributed by atoms with Crippen LogP contribution in [0.25, 0.3) is 0 Å². The lowest BCUT2D eigenvalue weighted by Crippen LogP contribution is -2.47.